The topological polar surface area (TPSA) is 79.5 Å². The van der Waals surface area contributed by atoms with E-state index < -0.39 is 0 Å². The van der Waals surface area contributed by atoms with Crippen molar-refractivity contribution in [1.29, 1.82) is 0 Å². The molecule has 2 N–H and O–H groups in total. The Hall–Kier alpha value is -2.15. The Labute approximate surface area is 144 Å². The zero-order chi connectivity index (χ0) is 16.7. The highest BCUT2D eigenvalue weighted by Gasteiger charge is 2.38. The molecule has 2 fully saturated rings. The number of aromatic nitrogens is 1. The van der Waals surface area contributed by atoms with Gasteiger partial charge in [0.05, 0.1) is 16.1 Å². The number of hydrogen-bond donors (Lipinski definition) is 1. The van der Waals surface area contributed by atoms with E-state index in [2.05, 4.69) is 16.0 Å². The van der Waals surface area contributed by atoms with E-state index in [9.17, 15) is 9.59 Å². The van der Waals surface area contributed by atoms with Crippen molar-refractivity contribution in [2.45, 2.75) is 12.8 Å². The van der Waals surface area contributed by atoms with E-state index in [0.717, 1.165) is 23.7 Å². The van der Waals surface area contributed by atoms with Crippen LogP contribution < -0.4 is 10.6 Å². The summed E-state index contributed by atoms with van der Waals surface area (Å²) < 4.78 is 1.18. The molecule has 0 aliphatic carbocycles. The Kier molecular flexibility index (Phi) is 3.88. The van der Waals surface area contributed by atoms with E-state index in [1.54, 1.807) is 11.3 Å². The van der Waals surface area contributed by atoms with Crippen LogP contribution >= 0.6 is 11.3 Å². The van der Waals surface area contributed by atoms with E-state index in [-0.39, 0.29) is 23.7 Å². The average molecular weight is 344 g/mol. The number of nitrogens with zero attached hydrogens (tertiary/aromatic N) is 3. The average Bonchev–Trinajstić information content (AvgIpc) is 2.96. The quantitative estimate of drug-likeness (QED) is 0.914. The van der Waals surface area contributed by atoms with E-state index in [1.165, 1.54) is 4.70 Å². The molecule has 1 aromatic heterocycles. The van der Waals surface area contributed by atoms with Crippen LogP contribution in [0.3, 0.4) is 0 Å². The highest BCUT2D eigenvalue weighted by atomic mass is 32.1. The van der Waals surface area contributed by atoms with Crippen molar-refractivity contribution in [2.24, 2.45) is 17.6 Å². The minimum absolute atomic E-state index is 0.0436. The number of anilines is 1. The Morgan fingerprint density at radius 1 is 1.12 bits per heavy atom. The maximum atomic E-state index is 12.6. The van der Waals surface area contributed by atoms with Crippen molar-refractivity contribution < 1.29 is 9.59 Å². The number of carbonyl (C=O) groups excluding carboxylic acids is 2. The number of para-hydroxylation sites is 1. The first-order valence-corrected chi connectivity index (χ1v) is 9.12. The van der Waals surface area contributed by atoms with Gasteiger partial charge >= 0.3 is 0 Å². The van der Waals surface area contributed by atoms with E-state index >= 15 is 0 Å². The van der Waals surface area contributed by atoms with Crippen LogP contribution in [0.2, 0.25) is 0 Å². The molecular weight excluding hydrogens is 324 g/mol. The number of thiazole rings is 1. The zero-order valence-corrected chi connectivity index (χ0v) is 14.2. The molecule has 126 valence electrons. The van der Waals surface area contributed by atoms with Gasteiger partial charge in [-0.25, -0.2) is 4.98 Å². The van der Waals surface area contributed by atoms with Gasteiger partial charge in [-0.15, -0.1) is 0 Å². The van der Waals surface area contributed by atoms with Gasteiger partial charge in [0.25, 0.3) is 0 Å². The molecular formula is C17H20N4O2S. The number of fused-ring (bicyclic) bond motifs is 1. The molecule has 2 aromatic rings. The molecule has 2 amide bonds. The fourth-order valence-electron chi connectivity index (χ4n) is 3.43. The highest BCUT2D eigenvalue weighted by Crippen LogP contribution is 2.33. The number of benzene rings is 1. The van der Waals surface area contributed by atoms with Crippen molar-refractivity contribution in [3.05, 3.63) is 24.3 Å². The summed E-state index contributed by atoms with van der Waals surface area (Å²) in [5, 5.41) is 0.993. The molecule has 2 aliphatic rings. The molecule has 0 saturated carbocycles. The van der Waals surface area contributed by atoms with E-state index in [0.29, 0.717) is 25.9 Å². The number of hydrogen-bond acceptors (Lipinski definition) is 5. The second-order valence-corrected chi connectivity index (χ2v) is 7.58. The van der Waals surface area contributed by atoms with Gasteiger partial charge in [-0.05, 0) is 25.0 Å². The Balaban J connectivity index is 1.34. The molecule has 0 unspecified atom stereocenters. The lowest BCUT2D eigenvalue weighted by Gasteiger charge is -2.41. The van der Waals surface area contributed by atoms with Crippen LogP contribution in [0.15, 0.2) is 24.3 Å². The molecule has 0 bridgehead atoms. The van der Waals surface area contributed by atoms with Gasteiger partial charge in [0.15, 0.2) is 5.13 Å². The van der Waals surface area contributed by atoms with Gasteiger partial charge in [0.1, 0.15) is 0 Å². The number of piperidine rings is 1. The lowest BCUT2D eigenvalue weighted by molar-refractivity contribution is -0.139. The fourth-order valence-corrected chi connectivity index (χ4v) is 4.41. The van der Waals surface area contributed by atoms with Gasteiger partial charge < -0.3 is 15.5 Å². The van der Waals surface area contributed by atoms with Crippen LogP contribution in [0.1, 0.15) is 12.8 Å². The number of carbonyl (C=O) groups is 2. The summed E-state index contributed by atoms with van der Waals surface area (Å²) in [6, 6.07) is 8.09. The maximum absolute atomic E-state index is 12.6. The van der Waals surface area contributed by atoms with Crippen LogP contribution in [0.25, 0.3) is 10.2 Å². The minimum Gasteiger partial charge on any atom is -0.369 e. The summed E-state index contributed by atoms with van der Waals surface area (Å²) in [7, 11) is 0. The standard InChI is InChI=1S/C17H20N4O2S/c18-15(22)11-5-7-20(8-6-11)16(23)12-9-21(10-12)17-19-13-3-1-2-4-14(13)24-17/h1-4,11-12H,5-10H2,(H2,18,22). The van der Waals surface area contributed by atoms with Crippen molar-refractivity contribution >= 4 is 38.5 Å². The largest absolute Gasteiger partial charge is 0.369 e. The van der Waals surface area contributed by atoms with Gasteiger partial charge in [-0.3, -0.25) is 9.59 Å². The van der Waals surface area contributed by atoms with Crippen molar-refractivity contribution in [3.8, 4) is 0 Å². The predicted octanol–water partition coefficient (Wildman–Crippen LogP) is 1.46. The first-order valence-electron chi connectivity index (χ1n) is 8.30. The van der Waals surface area contributed by atoms with Gasteiger partial charge in [0.2, 0.25) is 11.8 Å². The second kappa shape index (κ2) is 6.05. The molecule has 7 heteroatoms. The smallest absolute Gasteiger partial charge is 0.229 e. The number of nitrogens with two attached hydrogens (primary N) is 1. The third-order valence-electron chi connectivity index (χ3n) is 4.99. The van der Waals surface area contributed by atoms with Crippen LogP contribution in [0, 0.1) is 11.8 Å². The molecule has 2 aliphatic heterocycles. The van der Waals surface area contributed by atoms with Crippen LogP contribution in [0.5, 0.6) is 0 Å². The molecule has 3 heterocycles. The molecule has 24 heavy (non-hydrogen) atoms. The number of likely N-dealkylation sites (tertiary alicyclic amines) is 1. The molecule has 4 rings (SSSR count). The number of primary amides is 1. The number of rotatable bonds is 3. The lowest BCUT2D eigenvalue weighted by atomic mass is 9.93. The lowest BCUT2D eigenvalue weighted by Crippen LogP contribution is -2.56. The summed E-state index contributed by atoms with van der Waals surface area (Å²) in [4.78, 5) is 32.5. The Morgan fingerprint density at radius 3 is 2.50 bits per heavy atom. The second-order valence-electron chi connectivity index (χ2n) is 6.57. The zero-order valence-electron chi connectivity index (χ0n) is 13.4. The van der Waals surface area contributed by atoms with Crippen molar-refractivity contribution in [3.63, 3.8) is 0 Å². The maximum Gasteiger partial charge on any atom is 0.229 e. The first-order chi connectivity index (χ1) is 11.6. The molecule has 2 saturated heterocycles. The first kappa shape index (κ1) is 15.4. The van der Waals surface area contributed by atoms with Gasteiger partial charge in [0, 0.05) is 32.1 Å². The highest BCUT2D eigenvalue weighted by molar-refractivity contribution is 7.22. The monoisotopic (exact) mass is 344 g/mol. The van der Waals surface area contributed by atoms with Crippen LogP contribution in [-0.2, 0) is 9.59 Å². The van der Waals surface area contributed by atoms with Gasteiger partial charge in [-0.2, -0.15) is 0 Å². The summed E-state index contributed by atoms with van der Waals surface area (Å²) >= 11 is 1.67. The predicted molar refractivity (Wildman–Crippen MR) is 93.8 cm³/mol. The number of amides is 2. The van der Waals surface area contributed by atoms with Crippen molar-refractivity contribution in [2.75, 3.05) is 31.1 Å². The Bertz CT molecular complexity index is 743. The third-order valence-corrected chi connectivity index (χ3v) is 6.09. The summed E-state index contributed by atoms with van der Waals surface area (Å²) in [5.74, 6) is -0.0696. The normalized spacial score (nSPS) is 19.5. The van der Waals surface area contributed by atoms with E-state index in [4.69, 9.17) is 5.73 Å². The van der Waals surface area contributed by atoms with Crippen LogP contribution in [0.4, 0.5) is 5.13 Å². The minimum atomic E-state index is -0.243. The molecule has 0 radical (unpaired) electrons. The molecule has 1 aromatic carbocycles. The SMILES string of the molecule is NC(=O)C1CCN(C(=O)C2CN(c3nc4ccccc4s3)C2)CC1. The van der Waals surface area contributed by atoms with Gasteiger partial charge in [-0.1, -0.05) is 23.5 Å². The van der Waals surface area contributed by atoms with Crippen LogP contribution in [-0.4, -0.2) is 47.9 Å². The molecule has 0 spiro atoms. The third kappa shape index (κ3) is 2.73. The van der Waals surface area contributed by atoms with E-state index in [1.807, 2.05) is 23.1 Å². The molecule has 6 nitrogen and oxygen atoms in total. The fraction of sp³-hybridized carbons (Fsp3) is 0.471. The van der Waals surface area contributed by atoms with Crippen molar-refractivity contribution in [1.82, 2.24) is 9.88 Å². The summed E-state index contributed by atoms with van der Waals surface area (Å²) in [6.45, 7) is 2.75. The Morgan fingerprint density at radius 2 is 1.83 bits per heavy atom. The summed E-state index contributed by atoms with van der Waals surface area (Å²) in [5.41, 5.74) is 6.36. The molecule has 0 atom stereocenters. The summed E-state index contributed by atoms with van der Waals surface area (Å²) in [6.07, 6.45) is 1.38.